The van der Waals surface area contributed by atoms with E-state index in [-0.39, 0.29) is 6.10 Å². The van der Waals surface area contributed by atoms with Crippen LogP contribution in [0.1, 0.15) is 39.5 Å². The summed E-state index contributed by atoms with van der Waals surface area (Å²) < 4.78 is 15.5. The van der Waals surface area contributed by atoms with E-state index in [1.54, 1.807) is 0 Å². The molecule has 19 heavy (non-hydrogen) atoms. The number of nitrogens with zero attached hydrogens (tertiary/aromatic N) is 1. The second-order valence-corrected chi connectivity index (χ2v) is 5.87. The molecule has 1 saturated heterocycles. The standard InChI is InChI=1S/C13H23N3O2S/c1-9(2)18-11-12(14)16-19-13(11)15-7-6-10-5-3-4-8-17-10/h9-10,15H,3-8H2,1-2H3,(H2,14,16). The van der Waals surface area contributed by atoms with Crippen LogP contribution in [0.15, 0.2) is 0 Å². The van der Waals surface area contributed by atoms with Gasteiger partial charge < -0.3 is 20.5 Å². The molecule has 1 aliphatic rings. The highest BCUT2D eigenvalue weighted by molar-refractivity contribution is 7.11. The molecule has 0 aromatic carbocycles. The average Bonchev–Trinajstić information content (AvgIpc) is 2.72. The van der Waals surface area contributed by atoms with E-state index in [4.69, 9.17) is 15.2 Å². The molecular weight excluding hydrogens is 262 g/mol. The van der Waals surface area contributed by atoms with Crippen molar-refractivity contribution in [3.05, 3.63) is 0 Å². The average molecular weight is 285 g/mol. The van der Waals surface area contributed by atoms with Gasteiger partial charge in [-0.1, -0.05) is 0 Å². The van der Waals surface area contributed by atoms with Gasteiger partial charge in [-0.25, -0.2) is 0 Å². The Morgan fingerprint density at radius 2 is 2.37 bits per heavy atom. The number of ether oxygens (including phenoxy) is 2. The topological polar surface area (TPSA) is 69.4 Å². The third-order valence-corrected chi connectivity index (χ3v) is 3.85. The second kappa shape index (κ2) is 6.96. The molecule has 108 valence electrons. The summed E-state index contributed by atoms with van der Waals surface area (Å²) >= 11 is 1.35. The van der Waals surface area contributed by atoms with Gasteiger partial charge in [0.15, 0.2) is 16.6 Å². The Bertz CT molecular complexity index is 389. The largest absolute Gasteiger partial charge is 0.484 e. The van der Waals surface area contributed by atoms with E-state index in [2.05, 4.69) is 9.69 Å². The van der Waals surface area contributed by atoms with Gasteiger partial charge >= 0.3 is 0 Å². The van der Waals surface area contributed by atoms with Gasteiger partial charge in [0.2, 0.25) is 0 Å². The Morgan fingerprint density at radius 3 is 3.05 bits per heavy atom. The summed E-state index contributed by atoms with van der Waals surface area (Å²) in [7, 11) is 0. The molecule has 0 amide bonds. The van der Waals surface area contributed by atoms with Crippen LogP contribution in [0.5, 0.6) is 5.75 Å². The van der Waals surface area contributed by atoms with Crippen LogP contribution in [0, 0.1) is 0 Å². The van der Waals surface area contributed by atoms with Crippen molar-refractivity contribution in [1.29, 1.82) is 0 Å². The normalized spacial score (nSPS) is 19.6. The van der Waals surface area contributed by atoms with Gasteiger partial charge in [0.25, 0.3) is 0 Å². The maximum Gasteiger partial charge on any atom is 0.197 e. The van der Waals surface area contributed by atoms with Crippen LogP contribution in [0.4, 0.5) is 10.8 Å². The van der Waals surface area contributed by atoms with Crippen LogP contribution in [0.2, 0.25) is 0 Å². The zero-order valence-electron chi connectivity index (χ0n) is 11.6. The van der Waals surface area contributed by atoms with Crippen molar-refractivity contribution in [2.75, 3.05) is 24.2 Å². The first kappa shape index (κ1) is 14.4. The number of hydrogen-bond acceptors (Lipinski definition) is 6. The molecule has 0 spiro atoms. The van der Waals surface area contributed by atoms with E-state index < -0.39 is 0 Å². The van der Waals surface area contributed by atoms with Crippen molar-refractivity contribution >= 4 is 22.4 Å². The Labute approximate surface area is 118 Å². The predicted octanol–water partition coefficient (Wildman–Crippen LogP) is 2.88. The number of anilines is 2. The fraction of sp³-hybridized carbons (Fsp3) is 0.769. The van der Waals surface area contributed by atoms with Crippen LogP contribution in [0.3, 0.4) is 0 Å². The lowest BCUT2D eigenvalue weighted by atomic mass is 10.1. The minimum atomic E-state index is 0.0981. The molecule has 0 saturated carbocycles. The fourth-order valence-electron chi connectivity index (χ4n) is 2.14. The third kappa shape index (κ3) is 4.24. The lowest BCUT2D eigenvalue weighted by Crippen LogP contribution is -2.22. The van der Waals surface area contributed by atoms with E-state index in [0.29, 0.717) is 17.7 Å². The first-order valence-corrected chi connectivity index (χ1v) is 7.71. The molecule has 2 heterocycles. The van der Waals surface area contributed by atoms with Crippen LogP contribution >= 0.6 is 11.5 Å². The minimum Gasteiger partial charge on any atom is -0.484 e. The molecule has 1 aromatic rings. The molecule has 0 radical (unpaired) electrons. The molecule has 0 aliphatic carbocycles. The van der Waals surface area contributed by atoms with Crippen molar-refractivity contribution in [3.63, 3.8) is 0 Å². The van der Waals surface area contributed by atoms with E-state index in [9.17, 15) is 0 Å². The van der Waals surface area contributed by atoms with Gasteiger partial charge in [0.1, 0.15) is 0 Å². The van der Waals surface area contributed by atoms with Gasteiger partial charge in [-0.15, -0.1) is 0 Å². The summed E-state index contributed by atoms with van der Waals surface area (Å²) in [5.74, 6) is 1.15. The number of nitrogens with one attached hydrogen (secondary N) is 1. The van der Waals surface area contributed by atoms with Crippen LogP contribution in [0.25, 0.3) is 0 Å². The summed E-state index contributed by atoms with van der Waals surface area (Å²) in [5, 5.41) is 4.28. The van der Waals surface area contributed by atoms with Crippen LogP contribution < -0.4 is 15.8 Å². The van der Waals surface area contributed by atoms with Gasteiger partial charge in [-0.2, -0.15) is 4.37 Å². The van der Waals surface area contributed by atoms with E-state index >= 15 is 0 Å². The number of nitrogens with two attached hydrogens (primary N) is 1. The van der Waals surface area contributed by atoms with Crippen molar-refractivity contribution < 1.29 is 9.47 Å². The SMILES string of the molecule is CC(C)Oc1c(N)nsc1NCCC1CCCCO1. The molecule has 5 nitrogen and oxygen atoms in total. The third-order valence-electron chi connectivity index (χ3n) is 3.05. The molecule has 3 N–H and O–H groups in total. The highest BCUT2D eigenvalue weighted by atomic mass is 32.1. The summed E-state index contributed by atoms with van der Waals surface area (Å²) in [6.07, 6.45) is 5.14. The Kier molecular flexibility index (Phi) is 5.27. The summed E-state index contributed by atoms with van der Waals surface area (Å²) in [5.41, 5.74) is 5.81. The Balaban J connectivity index is 1.81. The smallest absolute Gasteiger partial charge is 0.197 e. The van der Waals surface area contributed by atoms with Crippen molar-refractivity contribution in [2.24, 2.45) is 0 Å². The van der Waals surface area contributed by atoms with Gasteiger partial charge in [0, 0.05) is 13.2 Å². The maximum atomic E-state index is 5.81. The molecular formula is C13H23N3O2S. The van der Waals surface area contributed by atoms with Crippen molar-refractivity contribution in [2.45, 2.75) is 51.7 Å². The molecule has 0 bridgehead atoms. The van der Waals surface area contributed by atoms with Crippen LogP contribution in [-0.2, 0) is 4.74 Å². The zero-order valence-corrected chi connectivity index (χ0v) is 12.5. The number of hydrogen-bond donors (Lipinski definition) is 2. The van der Waals surface area contributed by atoms with Crippen LogP contribution in [-0.4, -0.2) is 29.7 Å². The molecule has 1 aromatic heterocycles. The highest BCUT2D eigenvalue weighted by Gasteiger charge is 2.16. The Hall–Kier alpha value is -1.01. The zero-order chi connectivity index (χ0) is 13.7. The summed E-state index contributed by atoms with van der Waals surface area (Å²) in [6.45, 7) is 5.73. The predicted molar refractivity (Wildman–Crippen MR) is 79.0 cm³/mol. The second-order valence-electron chi connectivity index (χ2n) is 5.10. The molecule has 1 fully saturated rings. The summed E-state index contributed by atoms with van der Waals surface area (Å²) in [6, 6.07) is 0. The molecule has 1 atom stereocenters. The number of rotatable bonds is 6. The van der Waals surface area contributed by atoms with Crippen molar-refractivity contribution in [3.8, 4) is 5.75 Å². The Morgan fingerprint density at radius 1 is 1.53 bits per heavy atom. The highest BCUT2D eigenvalue weighted by Crippen LogP contribution is 2.35. The van der Waals surface area contributed by atoms with Gasteiger partial charge in [-0.05, 0) is 51.1 Å². The molecule has 1 unspecified atom stereocenters. The quantitative estimate of drug-likeness (QED) is 0.841. The monoisotopic (exact) mass is 285 g/mol. The maximum absolute atomic E-state index is 5.81. The summed E-state index contributed by atoms with van der Waals surface area (Å²) in [4.78, 5) is 0. The lowest BCUT2D eigenvalue weighted by molar-refractivity contribution is 0.0134. The first-order chi connectivity index (χ1) is 9.16. The van der Waals surface area contributed by atoms with Gasteiger partial charge in [-0.3, -0.25) is 0 Å². The van der Waals surface area contributed by atoms with Crippen molar-refractivity contribution in [1.82, 2.24) is 4.37 Å². The fourth-order valence-corrected chi connectivity index (χ4v) is 2.81. The first-order valence-electron chi connectivity index (χ1n) is 6.94. The molecule has 2 rings (SSSR count). The van der Waals surface area contributed by atoms with E-state index in [0.717, 1.165) is 24.6 Å². The number of nitrogen functional groups attached to an aromatic ring is 1. The molecule has 1 aliphatic heterocycles. The van der Waals surface area contributed by atoms with E-state index in [1.165, 1.54) is 30.8 Å². The minimum absolute atomic E-state index is 0.0981. The van der Waals surface area contributed by atoms with Gasteiger partial charge in [0.05, 0.1) is 12.2 Å². The molecule has 6 heteroatoms. The number of aromatic nitrogens is 1. The lowest BCUT2D eigenvalue weighted by Gasteiger charge is -2.22. The van der Waals surface area contributed by atoms with E-state index in [1.807, 2.05) is 13.8 Å².